The predicted octanol–water partition coefficient (Wildman–Crippen LogP) is 1.53. The van der Waals surface area contributed by atoms with Gasteiger partial charge in [0.25, 0.3) is 5.91 Å². The van der Waals surface area contributed by atoms with E-state index in [9.17, 15) is 9.59 Å². The van der Waals surface area contributed by atoms with Gasteiger partial charge in [-0.1, -0.05) is 12.1 Å². The minimum atomic E-state index is -0.941. The van der Waals surface area contributed by atoms with Crippen LogP contribution < -0.4 is 4.74 Å². The number of morpholine rings is 1. The highest BCUT2D eigenvalue weighted by molar-refractivity contribution is 5.94. The summed E-state index contributed by atoms with van der Waals surface area (Å²) >= 11 is 0. The Morgan fingerprint density at radius 1 is 1.33 bits per heavy atom. The van der Waals surface area contributed by atoms with Gasteiger partial charge in [0.15, 0.2) is 6.61 Å². The molecule has 1 aromatic carbocycles. The van der Waals surface area contributed by atoms with Gasteiger partial charge in [-0.2, -0.15) is 4.98 Å². The summed E-state index contributed by atoms with van der Waals surface area (Å²) < 4.78 is 16.0. The number of carbonyl (C=O) groups is 2. The molecule has 3 rings (SSSR count). The third-order valence-electron chi connectivity index (χ3n) is 4.11. The van der Waals surface area contributed by atoms with Crippen molar-refractivity contribution in [2.75, 3.05) is 19.7 Å². The maximum atomic E-state index is 12.6. The zero-order chi connectivity index (χ0) is 19.2. The summed E-state index contributed by atoms with van der Waals surface area (Å²) in [6.45, 7) is 3.13. The van der Waals surface area contributed by atoms with E-state index in [0.717, 1.165) is 0 Å². The molecule has 1 fully saturated rings. The van der Waals surface area contributed by atoms with Crippen LogP contribution >= 0.6 is 0 Å². The lowest BCUT2D eigenvalue weighted by Crippen LogP contribution is -2.46. The molecule has 2 aromatic rings. The van der Waals surface area contributed by atoms with E-state index in [1.807, 2.05) is 6.92 Å². The maximum Gasteiger partial charge on any atom is 0.306 e. The second kappa shape index (κ2) is 8.63. The molecular weight excluding hydrogens is 354 g/mol. The van der Waals surface area contributed by atoms with E-state index >= 15 is 0 Å². The fourth-order valence-corrected chi connectivity index (χ4v) is 2.74. The second-order valence-corrected chi connectivity index (χ2v) is 6.11. The molecule has 1 aliphatic rings. The van der Waals surface area contributed by atoms with E-state index < -0.39 is 12.1 Å². The summed E-state index contributed by atoms with van der Waals surface area (Å²) in [5, 5.41) is 12.7. The van der Waals surface area contributed by atoms with Gasteiger partial charge in [-0.25, -0.2) is 0 Å². The third-order valence-corrected chi connectivity index (χ3v) is 4.11. The average molecular weight is 375 g/mol. The molecule has 1 N–H and O–H groups in total. The molecule has 1 atom stereocenters. The van der Waals surface area contributed by atoms with Crippen molar-refractivity contribution in [1.29, 1.82) is 0 Å². The number of hydrogen-bond acceptors (Lipinski definition) is 7. The van der Waals surface area contributed by atoms with Gasteiger partial charge in [-0.15, -0.1) is 0 Å². The van der Waals surface area contributed by atoms with Crippen molar-refractivity contribution in [2.24, 2.45) is 0 Å². The molecule has 27 heavy (non-hydrogen) atoms. The molecule has 1 aliphatic heterocycles. The van der Waals surface area contributed by atoms with Crippen LogP contribution in [0.5, 0.6) is 5.75 Å². The number of aliphatic carboxylic acids is 1. The number of rotatable bonds is 7. The van der Waals surface area contributed by atoms with Crippen LogP contribution in [0.3, 0.4) is 0 Å². The number of carbonyl (C=O) groups excluding carboxylic acids is 1. The first-order valence-electron chi connectivity index (χ1n) is 8.72. The van der Waals surface area contributed by atoms with E-state index in [2.05, 4.69) is 10.1 Å². The second-order valence-electron chi connectivity index (χ2n) is 6.11. The zero-order valence-corrected chi connectivity index (χ0v) is 15.0. The van der Waals surface area contributed by atoms with E-state index in [4.69, 9.17) is 19.1 Å². The smallest absolute Gasteiger partial charge is 0.306 e. The molecule has 0 aliphatic carbocycles. The van der Waals surface area contributed by atoms with Gasteiger partial charge in [0.05, 0.1) is 19.1 Å². The maximum absolute atomic E-state index is 12.6. The monoisotopic (exact) mass is 375 g/mol. The summed E-state index contributed by atoms with van der Waals surface area (Å²) in [6, 6.07) is 6.74. The predicted molar refractivity (Wildman–Crippen MR) is 92.3 cm³/mol. The molecule has 0 saturated carbocycles. The number of ether oxygens (including phenoxy) is 2. The SMILES string of the molecule is CCc1nc(COc2ccc(C(=O)N3CCO[C@@H](CC(=O)O)C3)cc2)no1. The van der Waals surface area contributed by atoms with E-state index in [1.54, 1.807) is 29.2 Å². The topological polar surface area (TPSA) is 115 Å². The molecule has 9 heteroatoms. The van der Waals surface area contributed by atoms with E-state index in [1.165, 1.54) is 0 Å². The molecule has 1 amide bonds. The minimum absolute atomic E-state index is 0.119. The first-order chi connectivity index (χ1) is 13.0. The van der Waals surface area contributed by atoms with Crippen LogP contribution in [0.1, 0.15) is 35.4 Å². The van der Waals surface area contributed by atoms with Gasteiger partial charge in [0.2, 0.25) is 11.7 Å². The Hall–Kier alpha value is -2.94. The third kappa shape index (κ3) is 5.04. The highest BCUT2D eigenvalue weighted by Gasteiger charge is 2.26. The highest BCUT2D eigenvalue weighted by atomic mass is 16.5. The number of carboxylic acids is 1. The number of aromatic nitrogens is 2. The van der Waals surface area contributed by atoms with Crippen LogP contribution in [0.2, 0.25) is 0 Å². The van der Waals surface area contributed by atoms with Crippen molar-refractivity contribution in [3.8, 4) is 5.75 Å². The number of amides is 1. The van der Waals surface area contributed by atoms with Gasteiger partial charge in [0.1, 0.15) is 5.75 Å². The lowest BCUT2D eigenvalue weighted by molar-refractivity contribution is -0.141. The van der Waals surface area contributed by atoms with E-state index in [0.29, 0.717) is 42.6 Å². The van der Waals surface area contributed by atoms with Crippen LogP contribution in [-0.2, 0) is 22.6 Å². The average Bonchev–Trinajstić information content (AvgIpc) is 3.14. The lowest BCUT2D eigenvalue weighted by Gasteiger charge is -2.32. The lowest BCUT2D eigenvalue weighted by atomic mass is 10.1. The Balaban J connectivity index is 1.55. The van der Waals surface area contributed by atoms with Gasteiger partial charge >= 0.3 is 5.97 Å². The van der Waals surface area contributed by atoms with Crippen LogP contribution in [-0.4, -0.2) is 57.8 Å². The molecular formula is C18H21N3O6. The van der Waals surface area contributed by atoms with Crippen LogP contribution in [0, 0.1) is 0 Å². The molecule has 0 unspecified atom stereocenters. The van der Waals surface area contributed by atoms with Gasteiger partial charge in [-0.3, -0.25) is 9.59 Å². The summed E-state index contributed by atoms with van der Waals surface area (Å²) in [4.78, 5) is 29.2. The van der Waals surface area contributed by atoms with Crippen LogP contribution in [0.15, 0.2) is 28.8 Å². The summed E-state index contributed by atoms with van der Waals surface area (Å²) in [6.07, 6.45) is 0.0659. The first kappa shape index (κ1) is 18.8. The quantitative estimate of drug-likeness (QED) is 0.775. The van der Waals surface area contributed by atoms with Crippen molar-refractivity contribution >= 4 is 11.9 Å². The van der Waals surface area contributed by atoms with Gasteiger partial charge in [-0.05, 0) is 24.3 Å². The Morgan fingerprint density at radius 2 is 2.11 bits per heavy atom. The molecule has 0 bridgehead atoms. The Labute approximate surface area is 155 Å². The molecule has 144 valence electrons. The van der Waals surface area contributed by atoms with Crippen LogP contribution in [0.25, 0.3) is 0 Å². The molecule has 0 radical (unpaired) electrons. The minimum Gasteiger partial charge on any atom is -0.485 e. The number of hydrogen-bond donors (Lipinski definition) is 1. The van der Waals surface area contributed by atoms with Gasteiger partial charge < -0.3 is 24.0 Å². The summed E-state index contributed by atoms with van der Waals surface area (Å²) in [5.74, 6) is 0.501. The number of benzene rings is 1. The van der Waals surface area contributed by atoms with Crippen LogP contribution in [0.4, 0.5) is 0 Å². The van der Waals surface area contributed by atoms with E-state index in [-0.39, 0.29) is 25.5 Å². The Morgan fingerprint density at radius 3 is 2.78 bits per heavy atom. The van der Waals surface area contributed by atoms with Crippen molar-refractivity contribution in [3.63, 3.8) is 0 Å². The fourth-order valence-electron chi connectivity index (χ4n) is 2.74. The fraction of sp³-hybridized carbons (Fsp3) is 0.444. The summed E-state index contributed by atoms with van der Waals surface area (Å²) in [5.41, 5.74) is 0.506. The summed E-state index contributed by atoms with van der Waals surface area (Å²) in [7, 11) is 0. The number of carboxylic acid groups (broad SMARTS) is 1. The molecule has 9 nitrogen and oxygen atoms in total. The normalized spacial score (nSPS) is 16.9. The van der Waals surface area contributed by atoms with Crippen molar-refractivity contribution in [3.05, 3.63) is 41.5 Å². The van der Waals surface area contributed by atoms with Crippen molar-refractivity contribution < 1.29 is 28.7 Å². The number of aryl methyl sites for hydroxylation is 1. The number of nitrogens with zero attached hydrogens (tertiary/aromatic N) is 3. The molecule has 1 aromatic heterocycles. The molecule has 0 spiro atoms. The Bertz CT molecular complexity index is 789. The Kier molecular flexibility index (Phi) is 6.02. The van der Waals surface area contributed by atoms with Gasteiger partial charge in [0, 0.05) is 25.1 Å². The van der Waals surface area contributed by atoms with Crippen molar-refractivity contribution in [1.82, 2.24) is 15.0 Å². The highest BCUT2D eigenvalue weighted by Crippen LogP contribution is 2.17. The standard InChI is InChI=1S/C18H21N3O6/c1-2-16-19-15(20-27-16)11-26-13-5-3-12(4-6-13)18(24)21-7-8-25-14(10-21)9-17(22)23/h3-6,14H,2,7-11H2,1H3,(H,22,23)/t14-/m0/s1. The molecule has 2 heterocycles. The zero-order valence-electron chi connectivity index (χ0n) is 15.0. The first-order valence-corrected chi connectivity index (χ1v) is 8.72. The molecule has 1 saturated heterocycles. The van der Waals surface area contributed by atoms with Crippen molar-refractivity contribution in [2.45, 2.75) is 32.5 Å². The largest absolute Gasteiger partial charge is 0.485 e.